The number of amides is 3. The van der Waals surface area contributed by atoms with E-state index in [9.17, 15) is 32.7 Å². The molecular weight excluding hydrogens is 561 g/mol. The van der Waals surface area contributed by atoms with Crippen LogP contribution in [0.3, 0.4) is 0 Å². The molecule has 1 fully saturated rings. The molecule has 3 amide bonds. The van der Waals surface area contributed by atoms with Gasteiger partial charge in [-0.05, 0) is 70.6 Å². The summed E-state index contributed by atoms with van der Waals surface area (Å²) in [6.45, 7) is -0.413. The second kappa shape index (κ2) is 13.8. The van der Waals surface area contributed by atoms with Crippen molar-refractivity contribution in [1.29, 1.82) is 0 Å². The molecule has 3 rings (SSSR count). The molecule has 2 aromatic carbocycles. The molecule has 0 spiro atoms. The summed E-state index contributed by atoms with van der Waals surface area (Å²) in [7, 11) is 4.10. The highest BCUT2D eigenvalue weighted by Crippen LogP contribution is 2.37. The van der Waals surface area contributed by atoms with Crippen LogP contribution in [-0.2, 0) is 22.1 Å². The van der Waals surface area contributed by atoms with Crippen LogP contribution in [-0.4, -0.2) is 73.9 Å². The zero-order valence-electron chi connectivity index (χ0n) is 23.4. The first-order valence-electron chi connectivity index (χ1n) is 13.2. The van der Waals surface area contributed by atoms with Crippen LogP contribution in [0.4, 0.5) is 18.0 Å². The maximum Gasteiger partial charge on any atom is 0.419 e. The molecular formula is C27H35F3N6O6. The second-order valence-corrected chi connectivity index (χ2v) is 9.42. The van der Waals surface area contributed by atoms with Crippen LogP contribution < -0.4 is 31.5 Å². The largest absolute Gasteiger partial charge is 0.493 e. The average Bonchev–Trinajstić information content (AvgIpc) is 3.34. The van der Waals surface area contributed by atoms with E-state index in [0.717, 1.165) is 31.4 Å². The van der Waals surface area contributed by atoms with E-state index < -0.39 is 59.2 Å². The van der Waals surface area contributed by atoms with Gasteiger partial charge in [0.05, 0.1) is 18.8 Å². The number of benzene rings is 2. The van der Waals surface area contributed by atoms with Crippen molar-refractivity contribution < 1.29 is 42.1 Å². The first kappa shape index (κ1) is 32.6. The Balaban J connectivity index is 1.63. The minimum Gasteiger partial charge on any atom is -0.493 e. The van der Waals surface area contributed by atoms with Crippen molar-refractivity contribution >= 4 is 17.9 Å². The van der Waals surface area contributed by atoms with Crippen LogP contribution in [0, 0.1) is 0 Å². The van der Waals surface area contributed by atoms with Gasteiger partial charge >= 0.3 is 12.3 Å². The lowest BCUT2D eigenvalue weighted by atomic mass is 10.1. The summed E-state index contributed by atoms with van der Waals surface area (Å²) >= 11 is 0. The van der Waals surface area contributed by atoms with E-state index in [1.807, 2.05) is 35.8 Å². The molecule has 0 radical (unpaired) electrons. The number of rotatable bonds is 12. The van der Waals surface area contributed by atoms with E-state index in [4.69, 9.17) is 9.47 Å². The third kappa shape index (κ3) is 7.10. The van der Waals surface area contributed by atoms with E-state index >= 15 is 0 Å². The monoisotopic (exact) mass is 596 g/mol. The van der Waals surface area contributed by atoms with Crippen molar-refractivity contribution in [3.63, 3.8) is 0 Å². The second-order valence-electron chi connectivity index (χ2n) is 9.42. The van der Waals surface area contributed by atoms with Crippen LogP contribution in [0.2, 0.25) is 0 Å². The fraction of sp³-hybridized carbons (Fsp3) is 0.444. The van der Waals surface area contributed by atoms with Gasteiger partial charge in [-0.15, -0.1) is 0 Å². The number of unbranched alkanes of at least 4 members (excludes halogenated alkanes) is 2. The predicted octanol–water partition coefficient (Wildman–Crippen LogP) is 2.23. The highest BCUT2D eigenvalue weighted by atomic mass is 19.4. The molecule has 1 aliphatic rings. The number of hydrazine groups is 1. The van der Waals surface area contributed by atoms with Gasteiger partial charge in [0.2, 0.25) is 5.66 Å². The van der Waals surface area contributed by atoms with Gasteiger partial charge in [0.25, 0.3) is 17.8 Å². The Bertz CT molecular complexity index is 1240. The summed E-state index contributed by atoms with van der Waals surface area (Å²) in [5.74, 6) is -4.32. The molecule has 0 unspecified atom stereocenters. The molecule has 0 aromatic heterocycles. The number of carbonyl (C=O) groups is 3. The topological polar surface area (TPSA) is 153 Å². The molecule has 1 heterocycles. The summed E-state index contributed by atoms with van der Waals surface area (Å²) in [4.78, 5) is 38.5. The number of hydrogen-bond donors (Lipinski definition) is 6. The Hall–Kier alpha value is -3.92. The lowest BCUT2D eigenvalue weighted by Gasteiger charge is -2.40. The molecule has 0 bridgehead atoms. The van der Waals surface area contributed by atoms with Crippen molar-refractivity contribution in [1.82, 2.24) is 31.7 Å². The SMILES string of the molecule is CNC1(NC)OC[C@@](NC)(C(=O)NNC(=O)c2ccc(OCCCCCc3ccccc3)c(C(F)(F)F)c2)N1C(=O)O. The minimum absolute atomic E-state index is 0.0639. The van der Waals surface area contributed by atoms with Gasteiger partial charge < -0.3 is 14.6 Å². The van der Waals surface area contributed by atoms with Crippen molar-refractivity contribution in [2.24, 2.45) is 0 Å². The minimum atomic E-state index is -4.81. The lowest BCUT2D eigenvalue weighted by Crippen LogP contribution is -2.75. The van der Waals surface area contributed by atoms with Crippen LogP contribution in [0.15, 0.2) is 48.5 Å². The Morgan fingerprint density at radius 2 is 1.67 bits per heavy atom. The van der Waals surface area contributed by atoms with Gasteiger partial charge in [0.15, 0.2) is 0 Å². The number of carboxylic acid groups (broad SMARTS) is 1. The number of hydrogen-bond acceptors (Lipinski definition) is 8. The van der Waals surface area contributed by atoms with Gasteiger partial charge in [-0.2, -0.15) is 13.2 Å². The fourth-order valence-corrected chi connectivity index (χ4v) is 4.60. The molecule has 12 nitrogen and oxygen atoms in total. The lowest BCUT2D eigenvalue weighted by molar-refractivity contribution is -0.142. The van der Waals surface area contributed by atoms with Crippen molar-refractivity contribution in [2.75, 3.05) is 34.4 Å². The maximum absolute atomic E-state index is 13.8. The molecule has 15 heteroatoms. The van der Waals surface area contributed by atoms with Crippen molar-refractivity contribution in [3.05, 3.63) is 65.2 Å². The van der Waals surface area contributed by atoms with E-state index in [-0.39, 0.29) is 6.61 Å². The van der Waals surface area contributed by atoms with Crippen LogP contribution >= 0.6 is 0 Å². The number of nitrogens with one attached hydrogen (secondary N) is 5. The number of aryl methyl sites for hydroxylation is 1. The highest BCUT2D eigenvalue weighted by molar-refractivity contribution is 5.97. The van der Waals surface area contributed by atoms with E-state index in [1.54, 1.807) is 0 Å². The molecule has 1 aliphatic heterocycles. The van der Waals surface area contributed by atoms with Crippen LogP contribution in [0.25, 0.3) is 0 Å². The number of likely N-dealkylation sites (N-methyl/N-ethyl adjacent to an activating group) is 1. The Labute approximate surface area is 240 Å². The maximum atomic E-state index is 13.8. The molecule has 1 saturated heterocycles. The molecule has 6 N–H and O–H groups in total. The van der Waals surface area contributed by atoms with E-state index in [0.29, 0.717) is 17.4 Å². The van der Waals surface area contributed by atoms with Gasteiger partial charge in [-0.1, -0.05) is 30.3 Å². The Morgan fingerprint density at radius 1 is 0.976 bits per heavy atom. The molecule has 42 heavy (non-hydrogen) atoms. The Kier molecular flexibility index (Phi) is 10.7. The molecule has 0 saturated carbocycles. The molecule has 0 aliphatic carbocycles. The number of alkyl halides is 3. The van der Waals surface area contributed by atoms with Crippen LogP contribution in [0.5, 0.6) is 5.75 Å². The molecule has 230 valence electrons. The predicted molar refractivity (Wildman–Crippen MR) is 145 cm³/mol. The quantitative estimate of drug-likeness (QED) is 0.123. The normalized spacial score (nSPS) is 18.0. The van der Waals surface area contributed by atoms with Gasteiger partial charge in [-0.3, -0.25) is 36.4 Å². The summed E-state index contributed by atoms with van der Waals surface area (Å²) < 4.78 is 52.3. The van der Waals surface area contributed by atoms with Gasteiger partial charge in [-0.25, -0.2) is 9.69 Å². The smallest absolute Gasteiger partial charge is 0.419 e. The standard InChI is InChI=1S/C27H35F3N6O6/c1-31-25(17-42-27(32-2,33-3)36(25)24(39)40)23(38)35-34-22(37)19-13-14-21(20(16-19)26(28,29)30)41-15-9-5-8-12-18-10-6-4-7-11-18/h4,6-7,10-11,13-14,16,31-33H,5,8-9,12,15,17H2,1-3H3,(H,34,37)(H,35,38)(H,39,40)/t25-/m0/s1. The van der Waals surface area contributed by atoms with Gasteiger partial charge in [0.1, 0.15) is 5.75 Å². The first-order chi connectivity index (χ1) is 19.9. The summed E-state index contributed by atoms with van der Waals surface area (Å²) in [5.41, 5.74) is 1.72. The fourth-order valence-electron chi connectivity index (χ4n) is 4.60. The third-order valence-electron chi connectivity index (χ3n) is 6.89. The number of ether oxygens (including phenoxy) is 2. The average molecular weight is 597 g/mol. The zero-order valence-corrected chi connectivity index (χ0v) is 23.4. The molecule has 2 aromatic rings. The first-order valence-corrected chi connectivity index (χ1v) is 13.2. The molecule has 1 atom stereocenters. The third-order valence-corrected chi connectivity index (χ3v) is 6.89. The Morgan fingerprint density at radius 3 is 2.26 bits per heavy atom. The van der Waals surface area contributed by atoms with Gasteiger partial charge in [0, 0.05) is 5.56 Å². The number of halogens is 3. The van der Waals surface area contributed by atoms with E-state index in [1.165, 1.54) is 26.7 Å². The van der Waals surface area contributed by atoms with Crippen molar-refractivity contribution in [2.45, 2.75) is 43.5 Å². The van der Waals surface area contributed by atoms with Crippen LogP contribution in [0.1, 0.15) is 40.7 Å². The summed E-state index contributed by atoms with van der Waals surface area (Å²) in [5, 5.41) is 17.7. The van der Waals surface area contributed by atoms with Crippen molar-refractivity contribution in [3.8, 4) is 5.75 Å². The highest BCUT2D eigenvalue weighted by Gasteiger charge is 2.62. The van der Waals surface area contributed by atoms with E-state index in [2.05, 4.69) is 21.4 Å². The summed E-state index contributed by atoms with van der Waals surface area (Å²) in [6, 6.07) is 12.6. The summed E-state index contributed by atoms with van der Waals surface area (Å²) in [6.07, 6.45) is -3.33. The number of carbonyl (C=O) groups excluding carboxylic acids is 2. The zero-order chi connectivity index (χ0) is 31.0. The number of nitrogens with zero attached hydrogens (tertiary/aromatic N) is 1.